The van der Waals surface area contributed by atoms with Gasteiger partial charge in [0.2, 0.25) is 0 Å². The molecule has 0 saturated carbocycles. The molecule has 0 spiro atoms. The van der Waals surface area contributed by atoms with Gasteiger partial charge in [-0.25, -0.2) is 4.98 Å². The lowest BCUT2D eigenvalue weighted by atomic mass is 10.1. The lowest BCUT2D eigenvalue weighted by molar-refractivity contribution is -0.384. The summed E-state index contributed by atoms with van der Waals surface area (Å²) in [5, 5.41) is 14.7. The van der Waals surface area contributed by atoms with Crippen LogP contribution in [0.4, 0.5) is 11.5 Å². The molecule has 0 atom stereocenters. The van der Waals surface area contributed by atoms with Crippen molar-refractivity contribution in [1.29, 1.82) is 0 Å². The van der Waals surface area contributed by atoms with Crippen molar-refractivity contribution in [2.45, 2.75) is 6.92 Å². The summed E-state index contributed by atoms with van der Waals surface area (Å²) >= 11 is 11.8. The molecule has 0 aliphatic carbocycles. The Morgan fingerprint density at radius 1 is 1.25 bits per heavy atom. The monoisotopic (exact) mass is 311 g/mol. The Morgan fingerprint density at radius 3 is 2.60 bits per heavy atom. The smallest absolute Gasteiger partial charge is 0.275 e. The van der Waals surface area contributed by atoms with Crippen LogP contribution < -0.4 is 5.32 Å². The zero-order chi connectivity index (χ0) is 14.7. The van der Waals surface area contributed by atoms with Gasteiger partial charge in [0.1, 0.15) is 5.82 Å². The number of nitrogens with zero attached hydrogens (tertiary/aromatic N) is 2. The topological polar surface area (TPSA) is 68.1 Å². The second-order valence-corrected chi connectivity index (χ2v) is 4.83. The van der Waals surface area contributed by atoms with Gasteiger partial charge in [0, 0.05) is 18.2 Å². The van der Waals surface area contributed by atoms with Gasteiger partial charge in [-0.15, -0.1) is 0 Å². The molecule has 0 radical (unpaired) electrons. The number of benzene rings is 1. The third-order valence-electron chi connectivity index (χ3n) is 2.59. The number of anilines is 1. The molecule has 1 N–H and O–H groups in total. The quantitative estimate of drug-likeness (QED) is 0.671. The number of hydrogen-bond acceptors (Lipinski definition) is 4. The number of pyridine rings is 1. The molecule has 1 heterocycles. The van der Waals surface area contributed by atoms with Crippen LogP contribution >= 0.6 is 23.2 Å². The minimum Gasteiger partial charge on any atom is -0.370 e. The first-order chi connectivity index (χ1) is 9.51. The van der Waals surface area contributed by atoms with Crippen molar-refractivity contribution in [3.63, 3.8) is 0 Å². The molecule has 0 fully saturated rings. The Balaban J connectivity index is 2.53. The average Bonchev–Trinajstić information content (AvgIpc) is 2.42. The van der Waals surface area contributed by atoms with E-state index >= 15 is 0 Å². The van der Waals surface area contributed by atoms with Crippen molar-refractivity contribution in [1.82, 2.24) is 4.98 Å². The number of aromatic nitrogens is 1. The van der Waals surface area contributed by atoms with Crippen LogP contribution in [0.15, 0.2) is 30.3 Å². The maximum Gasteiger partial charge on any atom is 0.275 e. The molecule has 0 unspecified atom stereocenters. The van der Waals surface area contributed by atoms with Gasteiger partial charge in [-0.05, 0) is 19.1 Å². The van der Waals surface area contributed by atoms with Crippen molar-refractivity contribution < 1.29 is 4.92 Å². The standard InChI is InChI=1S/C13H11Cl2N3O2/c1-2-16-13-7-9(18(19)20)6-12(17-13)8-3-4-10(14)11(15)5-8/h3-7H,2H2,1H3,(H,16,17). The molecule has 2 aromatic rings. The van der Waals surface area contributed by atoms with Crippen LogP contribution in [0.1, 0.15) is 6.92 Å². The van der Waals surface area contributed by atoms with Gasteiger partial charge in [0.05, 0.1) is 26.7 Å². The maximum atomic E-state index is 11.0. The molecular formula is C13H11Cl2N3O2. The highest BCUT2D eigenvalue weighted by Crippen LogP contribution is 2.30. The molecule has 1 aromatic carbocycles. The van der Waals surface area contributed by atoms with Crippen LogP contribution in [0, 0.1) is 10.1 Å². The molecule has 104 valence electrons. The summed E-state index contributed by atoms with van der Waals surface area (Å²) in [5.41, 5.74) is 1.10. The van der Waals surface area contributed by atoms with E-state index in [1.165, 1.54) is 12.1 Å². The summed E-state index contributed by atoms with van der Waals surface area (Å²) in [5.74, 6) is 0.447. The van der Waals surface area contributed by atoms with Crippen molar-refractivity contribution in [3.05, 3.63) is 50.5 Å². The van der Waals surface area contributed by atoms with Crippen molar-refractivity contribution in [3.8, 4) is 11.3 Å². The van der Waals surface area contributed by atoms with Crippen LogP contribution in [-0.4, -0.2) is 16.5 Å². The third-order valence-corrected chi connectivity index (χ3v) is 3.33. The minimum absolute atomic E-state index is 0.0305. The van der Waals surface area contributed by atoms with Crippen LogP contribution in [0.5, 0.6) is 0 Å². The molecule has 5 nitrogen and oxygen atoms in total. The Bertz CT molecular complexity index is 662. The van der Waals surface area contributed by atoms with Gasteiger partial charge in [0.15, 0.2) is 0 Å². The van der Waals surface area contributed by atoms with Crippen LogP contribution in [0.2, 0.25) is 10.0 Å². The summed E-state index contributed by atoms with van der Waals surface area (Å²) < 4.78 is 0. The number of nitro groups is 1. The van der Waals surface area contributed by atoms with Crippen LogP contribution in [-0.2, 0) is 0 Å². The summed E-state index contributed by atoms with van der Waals surface area (Å²) in [4.78, 5) is 14.8. The molecule has 1 aromatic heterocycles. The predicted octanol–water partition coefficient (Wildman–Crippen LogP) is 4.40. The number of hydrogen-bond donors (Lipinski definition) is 1. The maximum absolute atomic E-state index is 11.0. The molecule has 0 bridgehead atoms. The van der Waals surface area contributed by atoms with E-state index in [1.54, 1.807) is 18.2 Å². The average molecular weight is 312 g/mol. The number of rotatable bonds is 4. The molecular weight excluding hydrogens is 301 g/mol. The third kappa shape index (κ3) is 3.18. The van der Waals surface area contributed by atoms with Crippen LogP contribution in [0.3, 0.4) is 0 Å². The van der Waals surface area contributed by atoms with Crippen molar-refractivity contribution in [2.24, 2.45) is 0 Å². The first kappa shape index (κ1) is 14.6. The number of nitrogens with one attached hydrogen (secondary N) is 1. The second-order valence-electron chi connectivity index (χ2n) is 4.01. The second kappa shape index (κ2) is 6.07. The van der Waals surface area contributed by atoms with Gasteiger partial charge in [-0.1, -0.05) is 29.3 Å². The Kier molecular flexibility index (Phi) is 4.42. The van der Waals surface area contributed by atoms with Gasteiger partial charge < -0.3 is 5.32 Å². The first-order valence-electron chi connectivity index (χ1n) is 5.87. The highest BCUT2D eigenvalue weighted by Gasteiger charge is 2.13. The van der Waals surface area contributed by atoms with Crippen LogP contribution in [0.25, 0.3) is 11.3 Å². The van der Waals surface area contributed by atoms with Crippen molar-refractivity contribution >= 4 is 34.7 Å². The lowest BCUT2D eigenvalue weighted by Gasteiger charge is -2.07. The SMILES string of the molecule is CCNc1cc([N+](=O)[O-])cc(-c2ccc(Cl)c(Cl)c2)n1. The van der Waals surface area contributed by atoms with Gasteiger partial charge in [-0.2, -0.15) is 0 Å². The summed E-state index contributed by atoms with van der Waals surface area (Å²) in [6, 6.07) is 7.78. The number of halogens is 2. The predicted molar refractivity (Wildman–Crippen MR) is 80.5 cm³/mol. The van der Waals surface area contributed by atoms with Gasteiger partial charge >= 0.3 is 0 Å². The Morgan fingerprint density at radius 2 is 2.00 bits per heavy atom. The normalized spacial score (nSPS) is 10.3. The largest absolute Gasteiger partial charge is 0.370 e. The van der Waals surface area contributed by atoms with Gasteiger partial charge in [0.25, 0.3) is 5.69 Å². The first-order valence-corrected chi connectivity index (χ1v) is 6.62. The van der Waals surface area contributed by atoms with E-state index in [2.05, 4.69) is 10.3 Å². The fourth-order valence-corrected chi connectivity index (χ4v) is 1.99. The fraction of sp³-hybridized carbons (Fsp3) is 0.154. The van der Waals surface area contributed by atoms with Crippen molar-refractivity contribution in [2.75, 3.05) is 11.9 Å². The Labute approximate surface area is 125 Å². The molecule has 7 heteroatoms. The van der Waals surface area contributed by atoms with E-state index in [9.17, 15) is 10.1 Å². The zero-order valence-corrected chi connectivity index (χ0v) is 12.1. The highest BCUT2D eigenvalue weighted by molar-refractivity contribution is 6.42. The highest BCUT2D eigenvalue weighted by atomic mass is 35.5. The lowest BCUT2D eigenvalue weighted by Crippen LogP contribution is -2.01. The van der Waals surface area contributed by atoms with E-state index in [4.69, 9.17) is 23.2 Å². The molecule has 0 aliphatic rings. The zero-order valence-electron chi connectivity index (χ0n) is 10.6. The fourth-order valence-electron chi connectivity index (χ4n) is 1.70. The molecule has 20 heavy (non-hydrogen) atoms. The molecule has 0 saturated heterocycles. The summed E-state index contributed by atoms with van der Waals surface area (Å²) in [7, 11) is 0. The van der Waals surface area contributed by atoms with E-state index in [-0.39, 0.29) is 5.69 Å². The molecule has 0 aliphatic heterocycles. The Hall–Kier alpha value is -1.85. The molecule has 0 amide bonds. The van der Waals surface area contributed by atoms with E-state index in [0.717, 1.165) is 0 Å². The minimum atomic E-state index is -0.455. The molecule has 2 rings (SSSR count). The van der Waals surface area contributed by atoms with E-state index < -0.39 is 4.92 Å². The van der Waals surface area contributed by atoms with E-state index in [1.807, 2.05) is 6.92 Å². The summed E-state index contributed by atoms with van der Waals surface area (Å²) in [6.45, 7) is 2.51. The summed E-state index contributed by atoms with van der Waals surface area (Å²) in [6.07, 6.45) is 0. The van der Waals surface area contributed by atoms with Gasteiger partial charge in [-0.3, -0.25) is 10.1 Å². The van der Waals surface area contributed by atoms with E-state index in [0.29, 0.717) is 33.7 Å².